The number of pyridine rings is 2. The first kappa shape index (κ1) is 19.3. The van der Waals surface area contributed by atoms with Crippen LogP contribution >= 0.6 is 11.6 Å². The van der Waals surface area contributed by atoms with E-state index < -0.39 is 11.9 Å². The summed E-state index contributed by atoms with van der Waals surface area (Å²) in [5.41, 5.74) is 1.70. The van der Waals surface area contributed by atoms with Crippen molar-refractivity contribution in [3.8, 4) is 0 Å². The first-order valence-corrected chi connectivity index (χ1v) is 7.86. The molecule has 0 unspecified atom stereocenters. The standard InChI is InChI=1S/C18H14ClN3O3.CH4/c1-10-6-12-14(19)8-15(22-16(12)13(7-10)18(24)25)17(23)21-9-11-4-2-3-5-20-11;/h2-8H,9H2,1H3,(H,21,23)(H,24,25);1H4. The van der Waals surface area contributed by atoms with E-state index in [1.54, 1.807) is 31.3 Å². The van der Waals surface area contributed by atoms with Crippen LogP contribution in [0.5, 0.6) is 0 Å². The third-order valence-electron chi connectivity index (χ3n) is 3.63. The number of carbonyl (C=O) groups is 2. The molecule has 2 aromatic heterocycles. The van der Waals surface area contributed by atoms with Crippen molar-refractivity contribution in [3.63, 3.8) is 0 Å². The second kappa shape index (κ2) is 7.93. The highest BCUT2D eigenvalue weighted by Crippen LogP contribution is 2.27. The summed E-state index contributed by atoms with van der Waals surface area (Å²) in [6.07, 6.45) is 1.63. The summed E-state index contributed by atoms with van der Waals surface area (Å²) >= 11 is 6.25. The zero-order valence-electron chi connectivity index (χ0n) is 13.3. The number of rotatable bonds is 4. The number of carboxylic acids is 1. The van der Waals surface area contributed by atoms with Crippen LogP contribution in [0.15, 0.2) is 42.6 Å². The van der Waals surface area contributed by atoms with E-state index >= 15 is 0 Å². The first-order valence-electron chi connectivity index (χ1n) is 7.48. The Morgan fingerprint density at radius 3 is 2.65 bits per heavy atom. The number of hydrogen-bond acceptors (Lipinski definition) is 4. The van der Waals surface area contributed by atoms with Gasteiger partial charge in [-0.25, -0.2) is 9.78 Å². The Morgan fingerprint density at radius 1 is 1.23 bits per heavy atom. The lowest BCUT2D eigenvalue weighted by Crippen LogP contribution is -2.24. The van der Waals surface area contributed by atoms with Crippen LogP contribution in [0.4, 0.5) is 0 Å². The van der Waals surface area contributed by atoms with Gasteiger partial charge in [0.05, 0.1) is 28.3 Å². The molecule has 0 bridgehead atoms. The van der Waals surface area contributed by atoms with Gasteiger partial charge in [0.15, 0.2) is 0 Å². The van der Waals surface area contributed by atoms with Crippen molar-refractivity contribution in [2.75, 3.05) is 0 Å². The lowest BCUT2D eigenvalue weighted by Gasteiger charge is -2.09. The topological polar surface area (TPSA) is 92.2 Å². The fourth-order valence-electron chi connectivity index (χ4n) is 2.48. The number of fused-ring (bicyclic) bond motifs is 1. The molecule has 0 aliphatic rings. The molecule has 26 heavy (non-hydrogen) atoms. The van der Waals surface area contributed by atoms with Crippen molar-refractivity contribution in [2.45, 2.75) is 20.9 Å². The molecule has 1 amide bonds. The third-order valence-corrected chi connectivity index (χ3v) is 3.94. The van der Waals surface area contributed by atoms with Crippen LogP contribution < -0.4 is 5.32 Å². The maximum Gasteiger partial charge on any atom is 0.337 e. The highest BCUT2D eigenvalue weighted by molar-refractivity contribution is 6.36. The predicted molar refractivity (Wildman–Crippen MR) is 101 cm³/mol. The average molecular weight is 372 g/mol. The summed E-state index contributed by atoms with van der Waals surface area (Å²) in [6.45, 7) is 2.01. The van der Waals surface area contributed by atoms with E-state index in [4.69, 9.17) is 11.6 Å². The average Bonchev–Trinajstić information content (AvgIpc) is 2.60. The highest BCUT2D eigenvalue weighted by Gasteiger charge is 2.17. The van der Waals surface area contributed by atoms with Gasteiger partial charge < -0.3 is 10.4 Å². The van der Waals surface area contributed by atoms with Crippen molar-refractivity contribution in [1.82, 2.24) is 15.3 Å². The maximum absolute atomic E-state index is 12.4. The minimum Gasteiger partial charge on any atom is -0.478 e. The van der Waals surface area contributed by atoms with Crippen LogP contribution in [-0.2, 0) is 6.54 Å². The quantitative estimate of drug-likeness (QED) is 0.726. The molecule has 0 saturated carbocycles. The van der Waals surface area contributed by atoms with Crippen molar-refractivity contribution < 1.29 is 14.7 Å². The first-order chi connectivity index (χ1) is 12.0. The molecule has 0 saturated heterocycles. The van der Waals surface area contributed by atoms with E-state index in [9.17, 15) is 14.7 Å². The normalized spacial score (nSPS) is 10.2. The van der Waals surface area contributed by atoms with Gasteiger partial charge in [-0.3, -0.25) is 9.78 Å². The van der Waals surface area contributed by atoms with Gasteiger partial charge >= 0.3 is 5.97 Å². The number of nitrogens with zero attached hydrogens (tertiary/aromatic N) is 2. The van der Waals surface area contributed by atoms with Gasteiger partial charge in [0, 0.05) is 11.6 Å². The molecule has 0 radical (unpaired) electrons. The van der Waals surface area contributed by atoms with Crippen LogP contribution in [-0.4, -0.2) is 27.0 Å². The molecule has 3 rings (SSSR count). The lowest BCUT2D eigenvalue weighted by atomic mass is 10.1. The van der Waals surface area contributed by atoms with Gasteiger partial charge in [-0.1, -0.05) is 25.1 Å². The lowest BCUT2D eigenvalue weighted by molar-refractivity contribution is 0.0698. The largest absolute Gasteiger partial charge is 0.478 e. The van der Waals surface area contributed by atoms with Crippen LogP contribution in [0.3, 0.4) is 0 Å². The minimum atomic E-state index is -1.12. The van der Waals surface area contributed by atoms with Gasteiger partial charge in [-0.2, -0.15) is 0 Å². The summed E-state index contributed by atoms with van der Waals surface area (Å²) in [6, 6.07) is 10.1. The Labute approximate surface area is 155 Å². The summed E-state index contributed by atoms with van der Waals surface area (Å²) in [7, 11) is 0. The molecule has 0 spiro atoms. The molecular formula is C19H18ClN3O3. The van der Waals surface area contributed by atoms with Gasteiger partial charge in [0.2, 0.25) is 0 Å². The van der Waals surface area contributed by atoms with Gasteiger partial charge in [0.25, 0.3) is 5.91 Å². The van der Waals surface area contributed by atoms with E-state index in [0.29, 0.717) is 11.1 Å². The number of benzene rings is 1. The molecule has 6 nitrogen and oxygen atoms in total. The Balaban J connectivity index is 0.00000243. The van der Waals surface area contributed by atoms with E-state index in [1.165, 1.54) is 12.1 Å². The summed E-state index contributed by atoms with van der Waals surface area (Å²) in [5.74, 6) is -1.57. The van der Waals surface area contributed by atoms with Crippen LogP contribution in [0, 0.1) is 6.92 Å². The van der Waals surface area contributed by atoms with E-state index in [2.05, 4.69) is 15.3 Å². The fraction of sp³-hybridized carbons (Fsp3) is 0.158. The zero-order valence-corrected chi connectivity index (χ0v) is 14.0. The SMILES string of the molecule is C.Cc1cc(C(=O)O)c2nc(C(=O)NCc3ccccn3)cc(Cl)c2c1. The van der Waals surface area contributed by atoms with Crippen molar-refractivity contribution >= 4 is 34.4 Å². The second-order valence-corrected chi connectivity index (χ2v) is 5.91. The second-order valence-electron chi connectivity index (χ2n) is 5.51. The number of carboxylic acid groups (broad SMARTS) is 1. The molecule has 1 aromatic carbocycles. The Hall–Kier alpha value is -2.99. The number of halogens is 1. The molecule has 0 aliphatic carbocycles. The number of aromatic nitrogens is 2. The van der Waals surface area contributed by atoms with E-state index in [-0.39, 0.29) is 35.8 Å². The number of aryl methyl sites for hydroxylation is 1. The Morgan fingerprint density at radius 2 is 2.00 bits per heavy atom. The van der Waals surface area contributed by atoms with Gasteiger partial charge in [-0.15, -0.1) is 0 Å². The molecule has 2 N–H and O–H groups in total. The Kier molecular flexibility index (Phi) is 5.90. The molecule has 7 heteroatoms. The van der Waals surface area contributed by atoms with Gasteiger partial charge in [0.1, 0.15) is 5.69 Å². The Bertz CT molecular complexity index is 975. The van der Waals surface area contributed by atoms with Crippen molar-refractivity contribution in [2.24, 2.45) is 0 Å². The molecule has 3 aromatic rings. The number of aromatic carboxylic acids is 1. The van der Waals surface area contributed by atoms with E-state index in [0.717, 1.165) is 5.56 Å². The molecule has 0 fully saturated rings. The number of amides is 1. The summed E-state index contributed by atoms with van der Waals surface area (Å²) in [4.78, 5) is 32.2. The molecule has 0 aliphatic heterocycles. The van der Waals surface area contributed by atoms with Crippen LogP contribution in [0.25, 0.3) is 10.9 Å². The van der Waals surface area contributed by atoms with E-state index in [1.807, 2.05) is 6.07 Å². The minimum absolute atomic E-state index is 0. The fourth-order valence-corrected chi connectivity index (χ4v) is 2.72. The maximum atomic E-state index is 12.4. The molecule has 0 atom stereocenters. The molecular weight excluding hydrogens is 354 g/mol. The number of hydrogen-bond donors (Lipinski definition) is 2. The van der Waals surface area contributed by atoms with Crippen LogP contribution in [0.1, 0.15) is 39.5 Å². The van der Waals surface area contributed by atoms with Crippen molar-refractivity contribution in [3.05, 3.63) is 70.1 Å². The third kappa shape index (κ3) is 3.97. The molecule has 2 heterocycles. The monoisotopic (exact) mass is 371 g/mol. The highest BCUT2D eigenvalue weighted by atomic mass is 35.5. The predicted octanol–water partition coefficient (Wildman–Crippen LogP) is 3.86. The smallest absolute Gasteiger partial charge is 0.337 e. The molecule has 134 valence electrons. The number of nitrogens with one attached hydrogen (secondary N) is 1. The summed E-state index contributed by atoms with van der Waals surface area (Å²) in [5, 5.41) is 12.9. The van der Waals surface area contributed by atoms with Gasteiger partial charge in [-0.05, 0) is 42.8 Å². The number of carbonyl (C=O) groups excluding carboxylic acids is 1. The van der Waals surface area contributed by atoms with Crippen LogP contribution in [0.2, 0.25) is 5.02 Å². The summed E-state index contributed by atoms with van der Waals surface area (Å²) < 4.78 is 0. The van der Waals surface area contributed by atoms with Crippen molar-refractivity contribution in [1.29, 1.82) is 0 Å². The zero-order chi connectivity index (χ0) is 18.0.